The molecule has 2 heteroatoms. The minimum absolute atomic E-state index is 0.139. The maximum absolute atomic E-state index is 11.2. The highest BCUT2D eigenvalue weighted by atomic mass is 16.2. The van der Waals surface area contributed by atoms with Gasteiger partial charge in [-0.2, -0.15) is 0 Å². The average molecular weight is 147 g/mol. The van der Waals surface area contributed by atoms with Crippen molar-refractivity contribution in [2.45, 2.75) is 27.7 Å². The second-order valence-electron chi connectivity index (χ2n) is 2.67. The SMILES string of the molecule is CCN(CC)C(=O)C(C)C.[2H][2H]. The van der Waals surface area contributed by atoms with Gasteiger partial charge in [-0.1, -0.05) is 13.8 Å². The number of nitrogens with zero attached hydrogens (tertiary/aromatic N) is 1. The first-order valence-corrected chi connectivity index (χ1v) is 3.92. The number of carbonyl (C=O) groups excluding carboxylic acids is 1. The Hall–Kier alpha value is -0.530. The first kappa shape index (κ1) is 7.58. The standard InChI is InChI=1S/C8H17NO.H2/c1-5-9(6-2)8(10)7(3)4;/h7H,5-6H2,1-4H3;1H/i;1+1D. The van der Waals surface area contributed by atoms with Gasteiger partial charge in [0.15, 0.2) is 0 Å². The summed E-state index contributed by atoms with van der Waals surface area (Å²) in [6, 6.07) is 0. The Morgan fingerprint density at radius 1 is 1.50 bits per heavy atom. The molecule has 62 valence electrons. The maximum atomic E-state index is 11.2. The topological polar surface area (TPSA) is 20.3 Å². The fourth-order valence-corrected chi connectivity index (χ4v) is 0.900. The Morgan fingerprint density at radius 3 is 2.00 bits per heavy atom. The van der Waals surface area contributed by atoms with E-state index < -0.39 is 0 Å². The Labute approximate surface area is 66.3 Å². The molecule has 0 saturated heterocycles. The normalized spacial score (nSPS) is 10.9. The maximum Gasteiger partial charge on any atom is 0.225 e. The van der Waals surface area contributed by atoms with E-state index in [1.54, 1.807) is 0 Å². The summed E-state index contributed by atoms with van der Waals surface area (Å²) in [6.45, 7) is 9.52. The lowest BCUT2D eigenvalue weighted by Crippen LogP contribution is -2.33. The van der Waals surface area contributed by atoms with Crippen molar-refractivity contribution in [2.24, 2.45) is 5.92 Å². The third-order valence-electron chi connectivity index (χ3n) is 1.57. The quantitative estimate of drug-likeness (QED) is 0.595. The number of rotatable bonds is 3. The highest BCUT2D eigenvalue weighted by Crippen LogP contribution is 1.99. The van der Waals surface area contributed by atoms with Crippen LogP contribution in [-0.4, -0.2) is 23.9 Å². The van der Waals surface area contributed by atoms with Crippen molar-refractivity contribution < 1.29 is 7.76 Å². The van der Waals surface area contributed by atoms with Gasteiger partial charge in [0.05, 0.1) is 0 Å². The Balaban J connectivity index is 0. The number of hydrogen-bond acceptors (Lipinski definition) is 1. The van der Waals surface area contributed by atoms with E-state index >= 15 is 0 Å². The zero-order chi connectivity index (χ0) is 10.1. The summed E-state index contributed by atoms with van der Waals surface area (Å²) >= 11 is 0. The lowest BCUT2D eigenvalue weighted by molar-refractivity contribution is -0.134. The van der Waals surface area contributed by atoms with Crippen LogP contribution in [-0.2, 0) is 4.79 Å². The fourth-order valence-electron chi connectivity index (χ4n) is 0.900. The lowest BCUT2D eigenvalue weighted by Gasteiger charge is -2.20. The zero-order valence-corrected chi connectivity index (χ0v) is 7.35. The summed E-state index contributed by atoms with van der Waals surface area (Å²) in [5.74, 6) is 0.393. The van der Waals surface area contributed by atoms with Crippen molar-refractivity contribution in [2.75, 3.05) is 13.1 Å². The van der Waals surface area contributed by atoms with E-state index in [-0.39, 0.29) is 11.8 Å². The molecule has 0 spiro atoms. The molecule has 0 heterocycles. The minimum atomic E-state index is 0.139. The number of hydrogen-bond donors (Lipinski definition) is 0. The second kappa shape index (κ2) is 4.31. The van der Waals surface area contributed by atoms with Crippen LogP contribution in [0, 0.1) is 5.92 Å². The van der Waals surface area contributed by atoms with Crippen molar-refractivity contribution >= 4 is 5.91 Å². The van der Waals surface area contributed by atoms with Crippen molar-refractivity contribution in [3.63, 3.8) is 0 Å². The van der Waals surface area contributed by atoms with Gasteiger partial charge in [0.25, 0.3) is 0 Å². The molecule has 0 N–H and O–H groups in total. The van der Waals surface area contributed by atoms with Crippen LogP contribution in [0.25, 0.3) is 0 Å². The molecule has 0 aromatic rings. The van der Waals surface area contributed by atoms with Crippen LogP contribution in [0.3, 0.4) is 0 Å². The first-order valence-electron chi connectivity index (χ1n) is 4.92. The molecule has 0 aliphatic rings. The lowest BCUT2D eigenvalue weighted by atomic mass is 10.2. The van der Waals surface area contributed by atoms with Gasteiger partial charge < -0.3 is 4.90 Å². The van der Waals surface area contributed by atoms with E-state index in [1.807, 2.05) is 32.6 Å². The van der Waals surface area contributed by atoms with Crippen molar-refractivity contribution in [3.8, 4) is 0 Å². The predicted octanol–water partition coefficient (Wildman–Crippen LogP) is 1.76. The van der Waals surface area contributed by atoms with Crippen molar-refractivity contribution in [1.82, 2.24) is 4.90 Å². The molecular formula is C8H19NO. The van der Waals surface area contributed by atoms with Gasteiger partial charge >= 0.3 is 0 Å². The van der Waals surface area contributed by atoms with Crippen LogP contribution in [0.2, 0.25) is 0 Å². The number of carbonyl (C=O) groups is 1. The average Bonchev–Trinajstić information content (AvgIpc) is 2.10. The van der Waals surface area contributed by atoms with Gasteiger partial charge in [-0.25, -0.2) is 0 Å². The van der Waals surface area contributed by atoms with E-state index in [0.29, 0.717) is 0 Å². The highest BCUT2D eigenvalue weighted by molar-refractivity contribution is 5.77. The molecule has 0 radical (unpaired) electrons. The molecule has 0 bridgehead atoms. The van der Waals surface area contributed by atoms with Gasteiger partial charge in [0.2, 0.25) is 5.91 Å². The third kappa shape index (κ3) is 2.38. The van der Waals surface area contributed by atoms with Crippen LogP contribution < -0.4 is 0 Å². The zero-order valence-electron chi connectivity index (χ0n) is 9.35. The van der Waals surface area contributed by atoms with E-state index in [4.69, 9.17) is 2.97 Å². The molecule has 1 amide bonds. The monoisotopic (exact) mass is 147 g/mol. The summed E-state index contributed by atoms with van der Waals surface area (Å²) in [4.78, 5) is 13.1. The Bertz CT molecular complexity index is 114. The smallest absolute Gasteiger partial charge is 0.225 e. The molecular weight excluding hydrogens is 126 g/mol. The molecule has 0 aromatic heterocycles. The molecule has 0 unspecified atom stereocenters. The number of amides is 1. The van der Waals surface area contributed by atoms with Gasteiger partial charge in [-0.05, 0) is 13.8 Å². The van der Waals surface area contributed by atoms with Crippen molar-refractivity contribution in [3.05, 3.63) is 0 Å². The molecule has 0 rings (SSSR count). The van der Waals surface area contributed by atoms with E-state index in [0.717, 1.165) is 13.1 Å². The van der Waals surface area contributed by atoms with Gasteiger partial charge in [-0.3, -0.25) is 4.79 Å². The van der Waals surface area contributed by atoms with E-state index in [2.05, 4.69) is 0 Å². The molecule has 0 aliphatic carbocycles. The van der Waals surface area contributed by atoms with Gasteiger partial charge in [0.1, 0.15) is 0 Å². The van der Waals surface area contributed by atoms with Gasteiger partial charge in [0, 0.05) is 22.0 Å². The minimum Gasteiger partial charge on any atom is -0.343 e. The molecule has 0 saturated carbocycles. The molecule has 10 heavy (non-hydrogen) atoms. The molecule has 0 atom stereocenters. The summed E-state index contributed by atoms with van der Waals surface area (Å²) in [5.41, 5.74) is 0. The molecule has 0 aliphatic heterocycles. The van der Waals surface area contributed by atoms with E-state index in [1.165, 1.54) is 0 Å². The molecule has 2 nitrogen and oxygen atoms in total. The van der Waals surface area contributed by atoms with Crippen LogP contribution in [0.1, 0.15) is 30.7 Å². The van der Waals surface area contributed by atoms with Gasteiger partial charge in [-0.15, -0.1) is 0 Å². The first-order chi connectivity index (χ1) is 5.63. The fraction of sp³-hybridized carbons (Fsp3) is 0.875. The second-order valence-corrected chi connectivity index (χ2v) is 2.67. The highest BCUT2D eigenvalue weighted by Gasteiger charge is 2.12. The van der Waals surface area contributed by atoms with Crippen LogP contribution >= 0.6 is 0 Å². The third-order valence-corrected chi connectivity index (χ3v) is 1.57. The largest absolute Gasteiger partial charge is 0.343 e. The molecule has 0 fully saturated rings. The Kier molecular flexibility index (Phi) is 3.27. The summed E-state index contributed by atoms with van der Waals surface area (Å²) in [5, 5.41) is 0. The summed E-state index contributed by atoms with van der Waals surface area (Å²) < 4.78 is 10.0. The van der Waals surface area contributed by atoms with Crippen LogP contribution in [0.15, 0.2) is 0 Å². The van der Waals surface area contributed by atoms with Crippen LogP contribution in [0.4, 0.5) is 0 Å². The summed E-state index contributed by atoms with van der Waals surface area (Å²) in [7, 11) is 0. The van der Waals surface area contributed by atoms with Crippen molar-refractivity contribution in [1.29, 1.82) is 0 Å². The Morgan fingerprint density at radius 2 is 1.90 bits per heavy atom. The molecule has 0 aromatic carbocycles. The van der Waals surface area contributed by atoms with Crippen LogP contribution in [0.5, 0.6) is 0 Å². The van der Waals surface area contributed by atoms with E-state index in [9.17, 15) is 4.79 Å². The summed E-state index contributed by atoms with van der Waals surface area (Å²) in [6.07, 6.45) is 0. The predicted molar refractivity (Wildman–Crippen MR) is 44.9 cm³/mol.